The standard InChI is InChI=1S/C10H17N5O2/c1-6(11)9-13-14-10(17-9)15-4-2-3-7(5-15)8(12)16/h6-7H,2-5,11H2,1H3,(H2,12,16). The molecule has 0 bridgehead atoms. The number of carbonyl (C=O) groups is 1. The van der Waals surface area contributed by atoms with E-state index in [1.54, 1.807) is 6.92 Å². The summed E-state index contributed by atoms with van der Waals surface area (Å²) in [6, 6.07) is 0.135. The lowest BCUT2D eigenvalue weighted by Crippen LogP contribution is -2.41. The number of rotatable bonds is 3. The van der Waals surface area contributed by atoms with E-state index in [-0.39, 0.29) is 17.9 Å². The van der Waals surface area contributed by atoms with Crippen LogP contribution in [0.4, 0.5) is 6.01 Å². The van der Waals surface area contributed by atoms with Crippen LogP contribution in [0.3, 0.4) is 0 Å². The molecule has 0 aliphatic carbocycles. The zero-order valence-corrected chi connectivity index (χ0v) is 9.80. The van der Waals surface area contributed by atoms with Crippen LogP contribution in [-0.4, -0.2) is 29.2 Å². The number of anilines is 1. The van der Waals surface area contributed by atoms with Crippen LogP contribution in [-0.2, 0) is 4.79 Å². The molecular weight excluding hydrogens is 222 g/mol. The predicted octanol–water partition coefficient (Wildman–Crippen LogP) is -0.209. The Kier molecular flexibility index (Phi) is 3.28. The Balaban J connectivity index is 2.08. The monoisotopic (exact) mass is 239 g/mol. The molecule has 1 aromatic heterocycles. The molecule has 2 rings (SSSR count). The topological polar surface area (TPSA) is 111 Å². The molecule has 0 radical (unpaired) electrons. The van der Waals surface area contributed by atoms with E-state index in [0.717, 1.165) is 19.4 Å². The van der Waals surface area contributed by atoms with Crippen LogP contribution < -0.4 is 16.4 Å². The number of carbonyl (C=O) groups excluding carboxylic acids is 1. The highest BCUT2D eigenvalue weighted by molar-refractivity contribution is 5.77. The molecule has 1 amide bonds. The third kappa shape index (κ3) is 2.55. The number of aromatic nitrogens is 2. The zero-order valence-electron chi connectivity index (χ0n) is 9.80. The van der Waals surface area contributed by atoms with E-state index in [1.165, 1.54) is 0 Å². The minimum atomic E-state index is -0.284. The van der Waals surface area contributed by atoms with Gasteiger partial charge in [-0.05, 0) is 19.8 Å². The predicted molar refractivity (Wildman–Crippen MR) is 61.0 cm³/mol. The van der Waals surface area contributed by atoms with Gasteiger partial charge in [0.25, 0.3) is 0 Å². The van der Waals surface area contributed by atoms with Crippen molar-refractivity contribution in [2.75, 3.05) is 18.0 Å². The molecule has 0 spiro atoms. The van der Waals surface area contributed by atoms with Crippen molar-refractivity contribution >= 4 is 11.9 Å². The Morgan fingerprint density at radius 3 is 2.94 bits per heavy atom. The van der Waals surface area contributed by atoms with Crippen molar-refractivity contribution in [1.29, 1.82) is 0 Å². The van der Waals surface area contributed by atoms with Gasteiger partial charge in [-0.3, -0.25) is 4.79 Å². The van der Waals surface area contributed by atoms with Gasteiger partial charge in [0.1, 0.15) is 0 Å². The van der Waals surface area contributed by atoms with Crippen LogP contribution in [0.1, 0.15) is 31.7 Å². The summed E-state index contributed by atoms with van der Waals surface area (Å²) < 4.78 is 5.44. The number of nitrogens with two attached hydrogens (primary N) is 2. The van der Waals surface area contributed by atoms with Crippen LogP contribution in [0.25, 0.3) is 0 Å². The molecule has 2 heterocycles. The Morgan fingerprint density at radius 1 is 1.59 bits per heavy atom. The van der Waals surface area contributed by atoms with Crippen molar-refractivity contribution < 1.29 is 9.21 Å². The average Bonchev–Trinajstić information content (AvgIpc) is 2.78. The van der Waals surface area contributed by atoms with Gasteiger partial charge in [0, 0.05) is 13.1 Å². The molecule has 0 saturated carbocycles. The summed E-state index contributed by atoms with van der Waals surface area (Å²) >= 11 is 0. The van der Waals surface area contributed by atoms with Gasteiger partial charge in [0.15, 0.2) is 0 Å². The van der Waals surface area contributed by atoms with Crippen molar-refractivity contribution in [2.24, 2.45) is 17.4 Å². The van der Waals surface area contributed by atoms with Crippen LogP contribution in [0.2, 0.25) is 0 Å². The second kappa shape index (κ2) is 4.70. The highest BCUT2D eigenvalue weighted by Gasteiger charge is 2.27. The quantitative estimate of drug-likeness (QED) is 0.755. The molecule has 2 unspecified atom stereocenters. The summed E-state index contributed by atoms with van der Waals surface area (Å²) in [4.78, 5) is 13.0. The smallest absolute Gasteiger partial charge is 0.318 e. The molecule has 4 N–H and O–H groups in total. The lowest BCUT2D eigenvalue weighted by molar-refractivity contribution is -0.122. The van der Waals surface area contributed by atoms with E-state index in [4.69, 9.17) is 15.9 Å². The van der Waals surface area contributed by atoms with Gasteiger partial charge >= 0.3 is 6.01 Å². The van der Waals surface area contributed by atoms with Crippen LogP contribution in [0.15, 0.2) is 4.42 Å². The van der Waals surface area contributed by atoms with Gasteiger partial charge in [-0.25, -0.2) is 0 Å². The molecule has 7 heteroatoms. The Bertz CT molecular complexity index is 403. The van der Waals surface area contributed by atoms with Crippen LogP contribution >= 0.6 is 0 Å². The first-order valence-electron chi connectivity index (χ1n) is 5.71. The van der Waals surface area contributed by atoms with E-state index < -0.39 is 0 Å². The molecule has 1 aliphatic rings. The summed E-state index contributed by atoms with van der Waals surface area (Å²) in [6.07, 6.45) is 1.71. The van der Waals surface area contributed by atoms with Crippen molar-refractivity contribution in [3.05, 3.63) is 5.89 Å². The molecule has 17 heavy (non-hydrogen) atoms. The number of primary amides is 1. The normalized spacial score (nSPS) is 22.5. The van der Waals surface area contributed by atoms with Crippen LogP contribution in [0, 0.1) is 5.92 Å². The molecule has 94 valence electrons. The molecule has 1 aliphatic heterocycles. The number of amides is 1. The Morgan fingerprint density at radius 2 is 2.35 bits per heavy atom. The summed E-state index contributed by atoms with van der Waals surface area (Å²) in [5.41, 5.74) is 11.0. The second-order valence-corrected chi connectivity index (χ2v) is 4.40. The molecular formula is C10H17N5O2. The molecule has 1 fully saturated rings. The first kappa shape index (κ1) is 11.8. The van der Waals surface area contributed by atoms with Gasteiger partial charge in [0.2, 0.25) is 11.8 Å². The van der Waals surface area contributed by atoms with Crippen molar-refractivity contribution in [1.82, 2.24) is 10.2 Å². The minimum absolute atomic E-state index is 0.144. The highest BCUT2D eigenvalue weighted by Crippen LogP contribution is 2.22. The summed E-state index contributed by atoms with van der Waals surface area (Å²) in [6.45, 7) is 3.11. The minimum Gasteiger partial charge on any atom is -0.406 e. The molecule has 0 aromatic carbocycles. The Hall–Kier alpha value is -1.63. The Labute approximate surface area is 99.1 Å². The maximum atomic E-state index is 11.2. The maximum absolute atomic E-state index is 11.2. The molecule has 1 aromatic rings. The summed E-state index contributed by atoms with van der Waals surface area (Å²) in [5.74, 6) is -0.0165. The van der Waals surface area contributed by atoms with Gasteiger partial charge in [-0.15, -0.1) is 5.10 Å². The van der Waals surface area contributed by atoms with E-state index in [2.05, 4.69) is 10.2 Å². The van der Waals surface area contributed by atoms with Gasteiger partial charge in [0.05, 0.1) is 12.0 Å². The summed E-state index contributed by atoms with van der Waals surface area (Å²) in [5, 5.41) is 7.79. The van der Waals surface area contributed by atoms with Crippen molar-refractivity contribution in [3.8, 4) is 0 Å². The van der Waals surface area contributed by atoms with E-state index in [9.17, 15) is 4.79 Å². The molecule has 1 saturated heterocycles. The molecule has 7 nitrogen and oxygen atoms in total. The lowest BCUT2D eigenvalue weighted by atomic mass is 9.98. The lowest BCUT2D eigenvalue weighted by Gasteiger charge is -2.29. The van der Waals surface area contributed by atoms with E-state index in [1.807, 2.05) is 4.90 Å². The number of hydrogen-bond acceptors (Lipinski definition) is 6. The first-order valence-corrected chi connectivity index (χ1v) is 5.71. The van der Waals surface area contributed by atoms with Gasteiger partial charge in [-0.2, -0.15) is 0 Å². The number of nitrogens with zero attached hydrogens (tertiary/aromatic N) is 3. The number of hydrogen-bond donors (Lipinski definition) is 2. The van der Waals surface area contributed by atoms with Crippen LogP contribution in [0.5, 0.6) is 0 Å². The SMILES string of the molecule is CC(N)c1nnc(N2CCCC(C(N)=O)C2)o1. The van der Waals surface area contributed by atoms with Gasteiger partial charge < -0.3 is 20.8 Å². The zero-order chi connectivity index (χ0) is 12.4. The highest BCUT2D eigenvalue weighted by atomic mass is 16.4. The van der Waals surface area contributed by atoms with E-state index >= 15 is 0 Å². The largest absolute Gasteiger partial charge is 0.406 e. The first-order chi connectivity index (χ1) is 8.08. The summed E-state index contributed by atoms with van der Waals surface area (Å²) in [7, 11) is 0. The van der Waals surface area contributed by atoms with E-state index in [0.29, 0.717) is 18.5 Å². The third-order valence-electron chi connectivity index (χ3n) is 2.91. The fraction of sp³-hybridized carbons (Fsp3) is 0.700. The fourth-order valence-corrected chi connectivity index (χ4v) is 1.92. The fourth-order valence-electron chi connectivity index (χ4n) is 1.92. The third-order valence-corrected chi connectivity index (χ3v) is 2.91. The van der Waals surface area contributed by atoms with Crippen molar-refractivity contribution in [2.45, 2.75) is 25.8 Å². The maximum Gasteiger partial charge on any atom is 0.318 e. The molecule has 2 atom stereocenters. The van der Waals surface area contributed by atoms with Crippen molar-refractivity contribution in [3.63, 3.8) is 0 Å². The average molecular weight is 239 g/mol. The van der Waals surface area contributed by atoms with Gasteiger partial charge in [-0.1, -0.05) is 5.10 Å². The second-order valence-electron chi connectivity index (χ2n) is 4.40. The number of piperidine rings is 1.